The van der Waals surface area contributed by atoms with Gasteiger partial charge in [0.1, 0.15) is 0 Å². The standard InChI is InChI=1S/C17H33N/c1-4-5-6-7-8-9-10-11-12-16-13-14-18-15-17(16,2)3/h12,18H,4-11,13-15H2,1-3H3/b16-12-. The third kappa shape index (κ3) is 6.04. The van der Waals surface area contributed by atoms with Gasteiger partial charge in [-0.3, -0.25) is 0 Å². The number of piperidine rings is 1. The van der Waals surface area contributed by atoms with Crippen LogP contribution in [0.25, 0.3) is 0 Å². The topological polar surface area (TPSA) is 12.0 Å². The van der Waals surface area contributed by atoms with E-state index in [4.69, 9.17) is 0 Å². The van der Waals surface area contributed by atoms with Gasteiger partial charge in [-0.2, -0.15) is 0 Å². The molecular formula is C17H33N. The van der Waals surface area contributed by atoms with Crippen molar-refractivity contribution in [1.29, 1.82) is 0 Å². The van der Waals surface area contributed by atoms with Crippen LogP contribution in [0.5, 0.6) is 0 Å². The number of nitrogens with one attached hydrogen (secondary N) is 1. The van der Waals surface area contributed by atoms with Gasteiger partial charge in [-0.25, -0.2) is 0 Å². The van der Waals surface area contributed by atoms with Crippen LogP contribution >= 0.6 is 0 Å². The van der Waals surface area contributed by atoms with E-state index in [0.717, 1.165) is 6.54 Å². The Hall–Kier alpha value is -0.300. The highest BCUT2D eigenvalue weighted by atomic mass is 14.9. The van der Waals surface area contributed by atoms with Crippen LogP contribution in [-0.4, -0.2) is 13.1 Å². The van der Waals surface area contributed by atoms with Gasteiger partial charge in [-0.05, 0) is 31.2 Å². The summed E-state index contributed by atoms with van der Waals surface area (Å²) in [5.74, 6) is 0. The van der Waals surface area contributed by atoms with Gasteiger partial charge in [-0.1, -0.05) is 70.9 Å². The van der Waals surface area contributed by atoms with Crippen molar-refractivity contribution in [3.05, 3.63) is 11.6 Å². The molecule has 0 spiro atoms. The summed E-state index contributed by atoms with van der Waals surface area (Å²) in [6.45, 7) is 9.35. The van der Waals surface area contributed by atoms with Crippen molar-refractivity contribution in [2.45, 2.75) is 78.6 Å². The maximum Gasteiger partial charge on any atom is 0.00400 e. The third-order valence-electron chi connectivity index (χ3n) is 4.21. The molecule has 106 valence electrons. The second-order valence-corrected chi connectivity index (χ2v) is 6.45. The summed E-state index contributed by atoms with van der Waals surface area (Å²) in [5.41, 5.74) is 2.08. The first-order chi connectivity index (χ1) is 8.67. The summed E-state index contributed by atoms with van der Waals surface area (Å²) < 4.78 is 0. The Morgan fingerprint density at radius 1 is 1.06 bits per heavy atom. The summed E-state index contributed by atoms with van der Waals surface area (Å²) in [4.78, 5) is 0. The predicted octanol–water partition coefficient (Wildman–Crippen LogP) is 5.07. The van der Waals surface area contributed by atoms with Crippen molar-refractivity contribution in [2.75, 3.05) is 13.1 Å². The van der Waals surface area contributed by atoms with Gasteiger partial charge in [-0.15, -0.1) is 0 Å². The van der Waals surface area contributed by atoms with Gasteiger partial charge in [0.15, 0.2) is 0 Å². The van der Waals surface area contributed by atoms with Gasteiger partial charge in [0, 0.05) is 6.54 Å². The van der Waals surface area contributed by atoms with Gasteiger partial charge < -0.3 is 5.32 Å². The van der Waals surface area contributed by atoms with E-state index in [0.29, 0.717) is 5.41 Å². The molecule has 1 rings (SSSR count). The molecule has 1 heteroatoms. The summed E-state index contributed by atoms with van der Waals surface area (Å²) in [7, 11) is 0. The quantitative estimate of drug-likeness (QED) is 0.469. The molecular weight excluding hydrogens is 218 g/mol. The largest absolute Gasteiger partial charge is 0.316 e. The SMILES string of the molecule is CCCCCCCCC/C=C1/CCNCC1(C)C. The fourth-order valence-electron chi connectivity index (χ4n) is 2.83. The van der Waals surface area contributed by atoms with Crippen molar-refractivity contribution < 1.29 is 0 Å². The minimum atomic E-state index is 0.388. The Morgan fingerprint density at radius 3 is 2.39 bits per heavy atom. The van der Waals surface area contributed by atoms with Crippen molar-refractivity contribution in [3.8, 4) is 0 Å². The number of hydrogen-bond acceptors (Lipinski definition) is 1. The van der Waals surface area contributed by atoms with Crippen LogP contribution in [0.1, 0.15) is 78.6 Å². The number of allylic oxidation sites excluding steroid dienone is 1. The normalized spacial score (nSPS) is 21.4. The van der Waals surface area contributed by atoms with Crippen LogP contribution < -0.4 is 5.32 Å². The average Bonchev–Trinajstić information content (AvgIpc) is 2.34. The molecule has 0 unspecified atom stereocenters. The Kier molecular flexibility index (Phi) is 7.65. The van der Waals surface area contributed by atoms with Crippen LogP contribution in [0.4, 0.5) is 0 Å². The zero-order chi connectivity index (χ0) is 13.3. The molecule has 1 nitrogen and oxygen atoms in total. The Morgan fingerprint density at radius 2 is 1.72 bits per heavy atom. The van der Waals surface area contributed by atoms with E-state index in [1.54, 1.807) is 5.57 Å². The van der Waals surface area contributed by atoms with E-state index >= 15 is 0 Å². The van der Waals surface area contributed by atoms with Gasteiger partial charge >= 0.3 is 0 Å². The predicted molar refractivity (Wildman–Crippen MR) is 82.0 cm³/mol. The van der Waals surface area contributed by atoms with Crippen LogP contribution in [0.2, 0.25) is 0 Å². The monoisotopic (exact) mass is 251 g/mol. The van der Waals surface area contributed by atoms with Crippen LogP contribution in [0, 0.1) is 5.41 Å². The van der Waals surface area contributed by atoms with Crippen LogP contribution in [-0.2, 0) is 0 Å². The van der Waals surface area contributed by atoms with Gasteiger partial charge in [0.05, 0.1) is 0 Å². The molecule has 1 fully saturated rings. The molecule has 0 saturated carbocycles. The molecule has 1 heterocycles. The Balaban J connectivity index is 2.08. The molecule has 1 aliphatic rings. The number of rotatable bonds is 8. The maximum absolute atomic E-state index is 3.49. The molecule has 0 amide bonds. The van der Waals surface area contributed by atoms with E-state index < -0.39 is 0 Å². The zero-order valence-electron chi connectivity index (χ0n) is 12.9. The highest BCUT2D eigenvalue weighted by Crippen LogP contribution is 2.31. The van der Waals surface area contributed by atoms with E-state index in [1.165, 1.54) is 64.3 Å². The Bertz CT molecular complexity index is 240. The van der Waals surface area contributed by atoms with Crippen molar-refractivity contribution >= 4 is 0 Å². The molecule has 1 saturated heterocycles. The average molecular weight is 251 g/mol. The molecule has 1 N–H and O–H groups in total. The molecule has 18 heavy (non-hydrogen) atoms. The van der Waals surface area contributed by atoms with E-state index in [9.17, 15) is 0 Å². The minimum Gasteiger partial charge on any atom is -0.316 e. The van der Waals surface area contributed by atoms with E-state index in [2.05, 4.69) is 32.2 Å². The molecule has 0 aromatic heterocycles. The fraction of sp³-hybridized carbons (Fsp3) is 0.882. The molecule has 1 aliphatic heterocycles. The summed E-state index contributed by atoms with van der Waals surface area (Å²) in [5, 5.41) is 3.49. The highest BCUT2D eigenvalue weighted by molar-refractivity contribution is 5.15. The van der Waals surface area contributed by atoms with Crippen LogP contribution in [0.15, 0.2) is 11.6 Å². The lowest BCUT2D eigenvalue weighted by Crippen LogP contribution is -2.37. The van der Waals surface area contributed by atoms with Crippen LogP contribution in [0.3, 0.4) is 0 Å². The Labute approximate surface area is 114 Å². The van der Waals surface area contributed by atoms with Gasteiger partial charge in [0.25, 0.3) is 0 Å². The zero-order valence-corrected chi connectivity index (χ0v) is 12.9. The fourth-order valence-corrected chi connectivity index (χ4v) is 2.83. The first-order valence-electron chi connectivity index (χ1n) is 8.07. The molecule has 0 atom stereocenters. The molecule has 0 bridgehead atoms. The minimum absolute atomic E-state index is 0.388. The summed E-state index contributed by atoms with van der Waals surface area (Å²) >= 11 is 0. The van der Waals surface area contributed by atoms with E-state index in [-0.39, 0.29) is 0 Å². The first-order valence-corrected chi connectivity index (χ1v) is 8.07. The molecule has 0 aromatic rings. The van der Waals surface area contributed by atoms with Crippen molar-refractivity contribution in [3.63, 3.8) is 0 Å². The third-order valence-corrected chi connectivity index (χ3v) is 4.21. The number of hydrogen-bond donors (Lipinski definition) is 1. The second kappa shape index (κ2) is 8.74. The lowest BCUT2D eigenvalue weighted by molar-refractivity contribution is 0.355. The smallest absolute Gasteiger partial charge is 0.00400 e. The van der Waals surface area contributed by atoms with Crippen molar-refractivity contribution in [1.82, 2.24) is 5.32 Å². The molecule has 0 aromatic carbocycles. The lowest BCUT2D eigenvalue weighted by atomic mass is 9.79. The summed E-state index contributed by atoms with van der Waals surface area (Å²) in [6, 6.07) is 0. The summed E-state index contributed by atoms with van der Waals surface area (Å²) in [6.07, 6.45) is 15.0. The first kappa shape index (κ1) is 15.8. The highest BCUT2D eigenvalue weighted by Gasteiger charge is 2.25. The second-order valence-electron chi connectivity index (χ2n) is 6.45. The molecule has 0 aliphatic carbocycles. The lowest BCUT2D eigenvalue weighted by Gasteiger charge is -2.33. The van der Waals surface area contributed by atoms with Gasteiger partial charge in [0.2, 0.25) is 0 Å². The number of unbranched alkanes of at least 4 members (excludes halogenated alkanes) is 7. The van der Waals surface area contributed by atoms with E-state index in [1.807, 2.05) is 0 Å². The van der Waals surface area contributed by atoms with Crippen molar-refractivity contribution in [2.24, 2.45) is 5.41 Å². The molecule has 0 radical (unpaired) electrons. The maximum atomic E-state index is 3.49.